The van der Waals surface area contributed by atoms with Crippen LogP contribution in [0.5, 0.6) is 0 Å². The van der Waals surface area contributed by atoms with Gasteiger partial charge in [0.2, 0.25) is 0 Å². The topological polar surface area (TPSA) is 20.2 Å². The van der Waals surface area contributed by atoms with Crippen LogP contribution in [-0.2, 0) is 12.5 Å². The number of alkyl halides is 1. The highest BCUT2D eigenvalue weighted by Crippen LogP contribution is 2.33. The van der Waals surface area contributed by atoms with Crippen molar-refractivity contribution in [2.45, 2.75) is 12.5 Å². The minimum Gasteiger partial charge on any atom is -0.392 e. The maximum atomic E-state index is 9.07. The monoisotopic (exact) mass is 290 g/mol. The molecule has 0 fully saturated rings. The highest BCUT2D eigenvalue weighted by atomic mass is 79.9. The lowest BCUT2D eigenvalue weighted by Crippen LogP contribution is -1.86. The number of rotatable bonds is 2. The number of aliphatic hydroxyl groups is 1. The van der Waals surface area contributed by atoms with Gasteiger partial charge in [0.25, 0.3) is 0 Å². The highest BCUT2D eigenvalue weighted by Gasteiger charge is 2.06. The van der Waals surface area contributed by atoms with E-state index >= 15 is 0 Å². The Kier molecular flexibility index (Phi) is 3.12. The Morgan fingerprint density at radius 2 is 2.14 bits per heavy atom. The lowest BCUT2D eigenvalue weighted by atomic mass is 10.1. The van der Waals surface area contributed by atoms with Crippen LogP contribution in [0.1, 0.15) is 11.1 Å². The molecule has 1 nitrogen and oxygen atoms in total. The second-order valence-corrected chi connectivity index (χ2v) is 5.71. The molecule has 2 aromatic rings. The van der Waals surface area contributed by atoms with Gasteiger partial charge in [-0.25, -0.2) is 0 Å². The summed E-state index contributed by atoms with van der Waals surface area (Å²) in [7, 11) is 0. The van der Waals surface area contributed by atoms with Crippen LogP contribution in [0.15, 0.2) is 22.0 Å². The molecule has 0 atom stereocenters. The zero-order valence-electron chi connectivity index (χ0n) is 7.26. The Morgan fingerprint density at radius 3 is 2.79 bits per heavy atom. The van der Waals surface area contributed by atoms with Gasteiger partial charge in [-0.1, -0.05) is 6.07 Å². The number of aliphatic hydroxyl groups excluding tert-OH is 1. The minimum atomic E-state index is 0.0628. The van der Waals surface area contributed by atoms with Crippen LogP contribution >= 0.6 is 38.9 Å². The minimum absolute atomic E-state index is 0.0628. The smallest absolute Gasteiger partial charge is 0.0711 e. The molecule has 2 rings (SSSR count). The van der Waals surface area contributed by atoms with Crippen molar-refractivity contribution in [1.82, 2.24) is 0 Å². The number of fused-ring (bicyclic) bond motifs is 1. The van der Waals surface area contributed by atoms with Crippen molar-refractivity contribution in [1.29, 1.82) is 0 Å². The zero-order chi connectivity index (χ0) is 10.1. The molecule has 0 saturated heterocycles. The molecule has 0 radical (unpaired) electrons. The van der Waals surface area contributed by atoms with E-state index in [4.69, 9.17) is 16.7 Å². The van der Waals surface area contributed by atoms with Crippen LogP contribution in [0.4, 0.5) is 0 Å². The first-order valence-corrected chi connectivity index (χ1v) is 6.26. The van der Waals surface area contributed by atoms with Gasteiger partial charge < -0.3 is 5.11 Å². The predicted molar refractivity (Wildman–Crippen MR) is 65.0 cm³/mol. The number of benzene rings is 1. The third-order valence-electron chi connectivity index (χ3n) is 2.05. The van der Waals surface area contributed by atoms with Gasteiger partial charge in [0.15, 0.2) is 0 Å². The molecule has 4 heteroatoms. The van der Waals surface area contributed by atoms with Crippen molar-refractivity contribution in [3.05, 3.63) is 33.1 Å². The largest absolute Gasteiger partial charge is 0.392 e. The van der Waals surface area contributed by atoms with Crippen LogP contribution in [0.25, 0.3) is 10.1 Å². The van der Waals surface area contributed by atoms with Crippen LogP contribution < -0.4 is 0 Å². The predicted octanol–water partition coefficient (Wildman–Crippen LogP) is 3.89. The molecule has 0 aliphatic heterocycles. The maximum Gasteiger partial charge on any atom is 0.0711 e. The number of hydrogen-bond acceptors (Lipinski definition) is 2. The molecule has 1 aromatic carbocycles. The van der Waals surface area contributed by atoms with Crippen molar-refractivity contribution in [2.24, 2.45) is 0 Å². The summed E-state index contributed by atoms with van der Waals surface area (Å²) < 4.78 is 2.29. The summed E-state index contributed by atoms with van der Waals surface area (Å²) in [5.74, 6) is 0.483. The normalized spacial score (nSPS) is 11.1. The van der Waals surface area contributed by atoms with E-state index in [0.29, 0.717) is 5.88 Å². The Balaban J connectivity index is 2.72. The van der Waals surface area contributed by atoms with Gasteiger partial charge in [-0.3, -0.25) is 0 Å². The van der Waals surface area contributed by atoms with E-state index in [-0.39, 0.29) is 6.61 Å². The molecule has 74 valence electrons. The first-order valence-electron chi connectivity index (χ1n) is 4.12. The first kappa shape index (κ1) is 10.4. The zero-order valence-corrected chi connectivity index (χ0v) is 10.4. The van der Waals surface area contributed by atoms with E-state index in [9.17, 15) is 0 Å². The Bertz CT molecular complexity index is 466. The van der Waals surface area contributed by atoms with Gasteiger partial charge in [0.1, 0.15) is 0 Å². The molecule has 0 amide bonds. The molecule has 1 heterocycles. The summed E-state index contributed by atoms with van der Waals surface area (Å²) in [6.45, 7) is 0.0628. The Labute approximate surface area is 99.4 Å². The summed E-state index contributed by atoms with van der Waals surface area (Å²) in [4.78, 5) is 0. The first-order chi connectivity index (χ1) is 6.74. The molecule has 0 aliphatic carbocycles. The lowest BCUT2D eigenvalue weighted by Gasteiger charge is -2.01. The SMILES string of the molecule is OCc1cc(CCl)c2sc(Br)cc2c1. The van der Waals surface area contributed by atoms with Crippen LogP contribution in [0.3, 0.4) is 0 Å². The van der Waals surface area contributed by atoms with E-state index in [2.05, 4.69) is 22.0 Å². The fraction of sp³-hybridized carbons (Fsp3) is 0.200. The molecule has 0 unspecified atom stereocenters. The number of halogens is 2. The van der Waals surface area contributed by atoms with Gasteiger partial charge in [0, 0.05) is 10.6 Å². The number of thiophene rings is 1. The van der Waals surface area contributed by atoms with Crippen molar-refractivity contribution in [3.63, 3.8) is 0 Å². The summed E-state index contributed by atoms with van der Waals surface area (Å²) in [6, 6.07) is 6.00. The molecule has 14 heavy (non-hydrogen) atoms. The van der Waals surface area contributed by atoms with Gasteiger partial charge in [-0.05, 0) is 44.6 Å². The maximum absolute atomic E-state index is 9.07. The Hall–Kier alpha value is -0.0900. The van der Waals surface area contributed by atoms with E-state index < -0.39 is 0 Å². The second-order valence-electron chi connectivity index (χ2n) is 3.02. The van der Waals surface area contributed by atoms with E-state index in [1.807, 2.05) is 12.1 Å². The summed E-state index contributed by atoms with van der Waals surface area (Å²) in [5.41, 5.74) is 2.00. The quantitative estimate of drug-likeness (QED) is 0.832. The third-order valence-corrected chi connectivity index (χ3v) is 4.07. The van der Waals surface area contributed by atoms with Crippen molar-refractivity contribution in [3.8, 4) is 0 Å². The van der Waals surface area contributed by atoms with E-state index in [0.717, 1.165) is 20.3 Å². The van der Waals surface area contributed by atoms with Crippen LogP contribution in [-0.4, -0.2) is 5.11 Å². The van der Waals surface area contributed by atoms with Gasteiger partial charge >= 0.3 is 0 Å². The molecule has 1 N–H and O–H groups in total. The average Bonchev–Trinajstić information content (AvgIpc) is 2.56. The second kappa shape index (κ2) is 4.19. The lowest BCUT2D eigenvalue weighted by molar-refractivity contribution is 0.282. The Morgan fingerprint density at radius 1 is 1.36 bits per heavy atom. The summed E-state index contributed by atoms with van der Waals surface area (Å²) >= 11 is 11.0. The fourth-order valence-electron chi connectivity index (χ4n) is 1.45. The molecule has 1 aromatic heterocycles. The molecule has 0 bridgehead atoms. The molecule has 0 spiro atoms. The van der Waals surface area contributed by atoms with Gasteiger partial charge in [0.05, 0.1) is 10.4 Å². The van der Waals surface area contributed by atoms with E-state index in [1.54, 1.807) is 11.3 Å². The van der Waals surface area contributed by atoms with Crippen LogP contribution in [0, 0.1) is 0 Å². The molecular formula is C10H8BrClOS. The summed E-state index contributed by atoms with van der Waals surface area (Å²) in [5, 5.41) is 10.2. The average molecular weight is 292 g/mol. The van der Waals surface area contributed by atoms with Crippen LogP contribution in [0.2, 0.25) is 0 Å². The molecule has 0 saturated carbocycles. The van der Waals surface area contributed by atoms with Gasteiger partial charge in [-0.2, -0.15) is 0 Å². The molecule has 0 aliphatic rings. The summed E-state index contributed by atoms with van der Waals surface area (Å²) in [6.07, 6.45) is 0. The fourth-order valence-corrected chi connectivity index (χ4v) is 3.35. The van der Waals surface area contributed by atoms with Crippen molar-refractivity contribution in [2.75, 3.05) is 0 Å². The standard InChI is InChI=1S/C10H8BrClOS/c11-9-3-7-1-6(5-13)2-8(4-12)10(7)14-9/h1-3,13H,4-5H2. The van der Waals surface area contributed by atoms with Crippen molar-refractivity contribution >= 4 is 49.0 Å². The van der Waals surface area contributed by atoms with Crippen molar-refractivity contribution < 1.29 is 5.11 Å². The third kappa shape index (κ3) is 1.82. The van der Waals surface area contributed by atoms with Gasteiger partial charge in [-0.15, -0.1) is 22.9 Å². The molecular weight excluding hydrogens is 284 g/mol. The number of hydrogen-bond donors (Lipinski definition) is 1. The highest BCUT2D eigenvalue weighted by molar-refractivity contribution is 9.11. The van der Waals surface area contributed by atoms with E-state index in [1.165, 1.54) is 4.70 Å².